The molecule has 0 unspecified atom stereocenters. The number of piperidine rings is 1. The molecule has 4 rings (SSSR count). The van der Waals surface area contributed by atoms with Gasteiger partial charge in [0.2, 0.25) is 5.95 Å². The second-order valence-corrected chi connectivity index (χ2v) is 7.25. The average Bonchev–Trinajstić information content (AvgIpc) is 2.68. The zero-order valence-corrected chi connectivity index (χ0v) is 14.8. The van der Waals surface area contributed by atoms with Crippen LogP contribution in [0.15, 0.2) is 36.5 Å². The monoisotopic (exact) mass is 337 g/mol. The Morgan fingerprint density at radius 3 is 2.64 bits per heavy atom. The Hall–Kier alpha value is -1.98. The third-order valence-electron chi connectivity index (χ3n) is 5.48. The SMILES string of the molecule is NCC1CCN(c2ncc3c(n2)CCN(Cc2ccccc2)C3)CC1. The summed E-state index contributed by atoms with van der Waals surface area (Å²) in [6, 6.07) is 10.7. The summed E-state index contributed by atoms with van der Waals surface area (Å²) in [6.07, 6.45) is 5.37. The Morgan fingerprint density at radius 2 is 1.88 bits per heavy atom. The van der Waals surface area contributed by atoms with Crippen LogP contribution in [0.2, 0.25) is 0 Å². The van der Waals surface area contributed by atoms with Crippen molar-refractivity contribution in [3.63, 3.8) is 0 Å². The van der Waals surface area contributed by atoms with E-state index in [0.29, 0.717) is 5.92 Å². The highest BCUT2D eigenvalue weighted by Gasteiger charge is 2.23. The predicted molar refractivity (Wildman–Crippen MR) is 100 cm³/mol. The number of anilines is 1. The highest BCUT2D eigenvalue weighted by atomic mass is 15.3. The molecule has 0 atom stereocenters. The van der Waals surface area contributed by atoms with Crippen molar-refractivity contribution in [3.05, 3.63) is 53.3 Å². The molecule has 5 heteroatoms. The Morgan fingerprint density at radius 1 is 1.08 bits per heavy atom. The molecule has 0 saturated carbocycles. The number of hydrogen-bond acceptors (Lipinski definition) is 5. The van der Waals surface area contributed by atoms with Gasteiger partial charge in [-0.05, 0) is 30.9 Å². The molecule has 1 saturated heterocycles. The maximum Gasteiger partial charge on any atom is 0.225 e. The summed E-state index contributed by atoms with van der Waals surface area (Å²) in [4.78, 5) is 14.4. The first-order chi connectivity index (χ1) is 12.3. The predicted octanol–water partition coefficient (Wildman–Crippen LogP) is 2.21. The van der Waals surface area contributed by atoms with Crippen LogP contribution in [0.5, 0.6) is 0 Å². The van der Waals surface area contributed by atoms with Gasteiger partial charge >= 0.3 is 0 Å². The van der Waals surface area contributed by atoms with Crippen molar-refractivity contribution in [1.82, 2.24) is 14.9 Å². The molecule has 2 N–H and O–H groups in total. The van der Waals surface area contributed by atoms with E-state index >= 15 is 0 Å². The van der Waals surface area contributed by atoms with E-state index in [1.807, 2.05) is 6.20 Å². The molecule has 1 fully saturated rings. The number of aromatic nitrogens is 2. The second kappa shape index (κ2) is 7.50. The number of nitrogens with two attached hydrogens (primary N) is 1. The molecule has 2 aromatic rings. The quantitative estimate of drug-likeness (QED) is 0.927. The van der Waals surface area contributed by atoms with Crippen LogP contribution in [0.4, 0.5) is 5.95 Å². The van der Waals surface area contributed by atoms with Gasteiger partial charge in [-0.15, -0.1) is 0 Å². The average molecular weight is 337 g/mol. The number of nitrogens with zero attached hydrogens (tertiary/aromatic N) is 4. The molecular formula is C20H27N5. The summed E-state index contributed by atoms with van der Waals surface area (Å²) in [5.41, 5.74) is 9.67. The van der Waals surface area contributed by atoms with Crippen LogP contribution < -0.4 is 10.6 Å². The van der Waals surface area contributed by atoms with Crippen LogP contribution in [0.1, 0.15) is 29.7 Å². The van der Waals surface area contributed by atoms with Crippen molar-refractivity contribution in [3.8, 4) is 0 Å². The van der Waals surface area contributed by atoms with Crippen molar-refractivity contribution in [2.45, 2.75) is 32.4 Å². The van der Waals surface area contributed by atoms with Crippen molar-refractivity contribution >= 4 is 5.95 Å². The van der Waals surface area contributed by atoms with E-state index in [-0.39, 0.29) is 0 Å². The Bertz CT molecular complexity index is 694. The van der Waals surface area contributed by atoms with Crippen LogP contribution in [0.25, 0.3) is 0 Å². The molecular weight excluding hydrogens is 310 g/mol. The number of hydrogen-bond donors (Lipinski definition) is 1. The first-order valence-electron chi connectivity index (χ1n) is 9.38. The fourth-order valence-electron chi connectivity index (χ4n) is 3.86. The summed E-state index contributed by atoms with van der Waals surface area (Å²) in [5.74, 6) is 1.58. The molecule has 2 aliphatic heterocycles. The lowest BCUT2D eigenvalue weighted by molar-refractivity contribution is 0.243. The van der Waals surface area contributed by atoms with Gasteiger partial charge in [0.25, 0.3) is 0 Å². The summed E-state index contributed by atoms with van der Waals surface area (Å²) in [7, 11) is 0. The van der Waals surface area contributed by atoms with Crippen LogP contribution in [0, 0.1) is 5.92 Å². The molecule has 0 bridgehead atoms. The lowest BCUT2D eigenvalue weighted by Gasteiger charge is -2.33. The first kappa shape index (κ1) is 16.5. The van der Waals surface area contributed by atoms with Gasteiger partial charge in [0.05, 0.1) is 5.69 Å². The van der Waals surface area contributed by atoms with E-state index in [2.05, 4.69) is 45.1 Å². The fourth-order valence-corrected chi connectivity index (χ4v) is 3.86. The molecule has 0 radical (unpaired) electrons. The van der Waals surface area contributed by atoms with E-state index in [1.54, 1.807) is 0 Å². The third kappa shape index (κ3) is 3.83. The van der Waals surface area contributed by atoms with Gasteiger partial charge in [-0.1, -0.05) is 30.3 Å². The summed E-state index contributed by atoms with van der Waals surface area (Å²) in [5, 5.41) is 0. The minimum Gasteiger partial charge on any atom is -0.341 e. The lowest BCUT2D eigenvalue weighted by atomic mass is 9.97. The van der Waals surface area contributed by atoms with Gasteiger partial charge in [-0.3, -0.25) is 4.90 Å². The second-order valence-electron chi connectivity index (χ2n) is 7.25. The van der Waals surface area contributed by atoms with Crippen LogP contribution in [0.3, 0.4) is 0 Å². The molecule has 1 aromatic carbocycles. The maximum absolute atomic E-state index is 5.79. The number of fused-ring (bicyclic) bond motifs is 1. The van der Waals surface area contributed by atoms with Crippen molar-refractivity contribution in [2.24, 2.45) is 11.7 Å². The molecule has 0 aliphatic carbocycles. The minimum absolute atomic E-state index is 0.667. The van der Waals surface area contributed by atoms with E-state index in [4.69, 9.17) is 10.7 Å². The van der Waals surface area contributed by atoms with Crippen molar-refractivity contribution in [2.75, 3.05) is 31.1 Å². The third-order valence-corrected chi connectivity index (χ3v) is 5.48. The summed E-state index contributed by atoms with van der Waals surface area (Å²) in [6.45, 7) is 5.86. The summed E-state index contributed by atoms with van der Waals surface area (Å²) < 4.78 is 0. The van der Waals surface area contributed by atoms with Crippen molar-refractivity contribution < 1.29 is 0 Å². The van der Waals surface area contributed by atoms with Crippen LogP contribution in [-0.2, 0) is 19.5 Å². The Labute approximate surface area is 149 Å². The van der Waals surface area contributed by atoms with Gasteiger partial charge in [-0.25, -0.2) is 9.97 Å². The van der Waals surface area contributed by atoms with E-state index in [0.717, 1.165) is 64.5 Å². The zero-order valence-electron chi connectivity index (χ0n) is 14.8. The highest BCUT2D eigenvalue weighted by molar-refractivity contribution is 5.35. The van der Waals surface area contributed by atoms with Gasteiger partial charge in [0.1, 0.15) is 0 Å². The first-order valence-corrected chi connectivity index (χ1v) is 9.38. The maximum atomic E-state index is 5.79. The van der Waals surface area contributed by atoms with E-state index < -0.39 is 0 Å². The molecule has 5 nitrogen and oxygen atoms in total. The Balaban J connectivity index is 1.41. The van der Waals surface area contributed by atoms with Gasteiger partial charge in [-0.2, -0.15) is 0 Å². The Kier molecular flexibility index (Phi) is 4.95. The molecule has 2 aliphatic rings. The van der Waals surface area contributed by atoms with Crippen molar-refractivity contribution in [1.29, 1.82) is 0 Å². The van der Waals surface area contributed by atoms with E-state index in [1.165, 1.54) is 16.8 Å². The molecule has 0 spiro atoms. The van der Waals surface area contributed by atoms with E-state index in [9.17, 15) is 0 Å². The normalized spacial score (nSPS) is 19.0. The molecule has 0 amide bonds. The number of rotatable bonds is 4. The van der Waals surface area contributed by atoms with Gasteiger partial charge in [0.15, 0.2) is 0 Å². The smallest absolute Gasteiger partial charge is 0.225 e. The largest absolute Gasteiger partial charge is 0.341 e. The number of benzene rings is 1. The molecule has 132 valence electrons. The molecule has 3 heterocycles. The minimum atomic E-state index is 0.667. The highest BCUT2D eigenvalue weighted by Crippen LogP contribution is 2.23. The zero-order chi connectivity index (χ0) is 17.1. The summed E-state index contributed by atoms with van der Waals surface area (Å²) >= 11 is 0. The van der Waals surface area contributed by atoms with Crippen LogP contribution >= 0.6 is 0 Å². The van der Waals surface area contributed by atoms with Gasteiger partial charge < -0.3 is 10.6 Å². The topological polar surface area (TPSA) is 58.3 Å². The standard InChI is InChI=1S/C20H27N5/c21-12-16-6-10-25(11-7-16)20-22-13-18-15-24(9-8-19(18)23-20)14-17-4-2-1-3-5-17/h1-5,13,16H,6-12,14-15,21H2. The lowest BCUT2D eigenvalue weighted by Crippen LogP contribution is -2.38. The molecule has 1 aromatic heterocycles. The fraction of sp³-hybridized carbons (Fsp3) is 0.500. The van der Waals surface area contributed by atoms with Crippen LogP contribution in [-0.4, -0.2) is 41.0 Å². The molecule has 25 heavy (non-hydrogen) atoms. The van der Waals surface area contributed by atoms with Gasteiger partial charge in [0, 0.05) is 50.9 Å².